The van der Waals surface area contributed by atoms with E-state index in [4.69, 9.17) is 11.6 Å². The van der Waals surface area contributed by atoms with Crippen molar-refractivity contribution in [3.63, 3.8) is 0 Å². The number of nitrogens with zero attached hydrogens (tertiary/aromatic N) is 2. The molecule has 37 heavy (non-hydrogen) atoms. The van der Waals surface area contributed by atoms with Crippen LogP contribution in [0, 0.1) is 13.8 Å². The van der Waals surface area contributed by atoms with Gasteiger partial charge in [-0.2, -0.15) is 0 Å². The number of amides is 2. The normalized spacial score (nSPS) is 12.0. The maximum Gasteiger partial charge on any atom is 0.264 e. The average Bonchev–Trinajstić information content (AvgIpc) is 2.87. The van der Waals surface area contributed by atoms with Crippen LogP contribution >= 0.6 is 11.6 Å². The second kappa shape index (κ2) is 12.3. The highest BCUT2D eigenvalue weighted by molar-refractivity contribution is 7.92. The van der Waals surface area contributed by atoms with Gasteiger partial charge in [0.2, 0.25) is 11.8 Å². The number of likely N-dealkylation sites (N-methyl/N-ethyl adjacent to an activating group) is 1. The molecule has 0 fully saturated rings. The van der Waals surface area contributed by atoms with Gasteiger partial charge in [-0.1, -0.05) is 53.6 Å². The highest BCUT2D eigenvalue weighted by atomic mass is 35.5. The Balaban J connectivity index is 2.03. The van der Waals surface area contributed by atoms with Crippen molar-refractivity contribution in [3.05, 3.63) is 94.5 Å². The molecule has 0 heterocycles. The molecule has 7 nitrogen and oxygen atoms in total. The molecule has 3 rings (SSSR count). The average molecular weight is 542 g/mol. The summed E-state index contributed by atoms with van der Waals surface area (Å²) < 4.78 is 28.6. The summed E-state index contributed by atoms with van der Waals surface area (Å²) in [5, 5.41) is 3.16. The van der Waals surface area contributed by atoms with E-state index >= 15 is 0 Å². The van der Waals surface area contributed by atoms with E-state index in [9.17, 15) is 18.0 Å². The molecule has 0 unspecified atom stereocenters. The second-order valence-corrected chi connectivity index (χ2v) is 11.1. The lowest BCUT2D eigenvalue weighted by Gasteiger charge is -2.32. The molecule has 9 heteroatoms. The number of rotatable bonds is 10. The van der Waals surface area contributed by atoms with E-state index in [1.54, 1.807) is 38.1 Å². The summed E-state index contributed by atoms with van der Waals surface area (Å²) in [7, 11) is -4.12. The van der Waals surface area contributed by atoms with E-state index in [0.29, 0.717) is 17.3 Å². The summed E-state index contributed by atoms with van der Waals surface area (Å²) in [6.07, 6.45) is 0. The lowest BCUT2D eigenvalue weighted by Crippen LogP contribution is -2.51. The van der Waals surface area contributed by atoms with Gasteiger partial charge in [-0.05, 0) is 75.2 Å². The van der Waals surface area contributed by atoms with Crippen LogP contribution in [0.1, 0.15) is 30.5 Å². The summed E-state index contributed by atoms with van der Waals surface area (Å²) >= 11 is 5.97. The molecule has 0 bridgehead atoms. The molecule has 0 saturated carbocycles. The van der Waals surface area contributed by atoms with Crippen LogP contribution in [-0.4, -0.2) is 44.3 Å². The number of benzene rings is 3. The Labute approximate surface area is 224 Å². The molecule has 1 atom stereocenters. The number of halogens is 1. The third-order valence-electron chi connectivity index (χ3n) is 6.12. The van der Waals surface area contributed by atoms with E-state index in [1.165, 1.54) is 29.2 Å². The van der Waals surface area contributed by atoms with Crippen LogP contribution in [0.4, 0.5) is 5.69 Å². The zero-order valence-electron chi connectivity index (χ0n) is 21.4. The van der Waals surface area contributed by atoms with Gasteiger partial charge < -0.3 is 10.2 Å². The van der Waals surface area contributed by atoms with Crippen molar-refractivity contribution >= 4 is 39.1 Å². The first-order valence-electron chi connectivity index (χ1n) is 12.0. The lowest BCUT2D eigenvalue weighted by molar-refractivity contribution is -0.139. The van der Waals surface area contributed by atoms with Gasteiger partial charge in [0.1, 0.15) is 12.6 Å². The van der Waals surface area contributed by atoms with Gasteiger partial charge in [-0.15, -0.1) is 0 Å². The molecule has 0 aliphatic rings. The Hall–Kier alpha value is -3.36. The Morgan fingerprint density at radius 3 is 2.16 bits per heavy atom. The monoisotopic (exact) mass is 541 g/mol. The molecule has 0 radical (unpaired) electrons. The van der Waals surface area contributed by atoms with Gasteiger partial charge in [-0.25, -0.2) is 8.42 Å². The number of hydrogen-bond acceptors (Lipinski definition) is 4. The zero-order valence-corrected chi connectivity index (χ0v) is 23.0. The molecule has 3 aromatic rings. The van der Waals surface area contributed by atoms with E-state index in [-0.39, 0.29) is 17.3 Å². The number of nitrogens with one attached hydrogen (secondary N) is 1. The van der Waals surface area contributed by atoms with Crippen LogP contribution in [0.2, 0.25) is 5.02 Å². The molecular formula is C28H32ClN3O4S. The minimum Gasteiger partial charge on any atom is -0.355 e. The maximum absolute atomic E-state index is 13.8. The Morgan fingerprint density at radius 2 is 1.57 bits per heavy atom. The van der Waals surface area contributed by atoms with Gasteiger partial charge in [0.15, 0.2) is 0 Å². The van der Waals surface area contributed by atoms with Crippen LogP contribution in [-0.2, 0) is 26.2 Å². The van der Waals surface area contributed by atoms with Crippen LogP contribution in [0.3, 0.4) is 0 Å². The van der Waals surface area contributed by atoms with Crippen molar-refractivity contribution in [2.75, 3.05) is 17.4 Å². The number of anilines is 1. The second-order valence-electron chi connectivity index (χ2n) is 8.82. The molecule has 0 saturated heterocycles. The number of carbonyl (C=O) groups is 2. The van der Waals surface area contributed by atoms with Crippen molar-refractivity contribution in [1.29, 1.82) is 0 Å². The standard InChI is InChI=1S/C28H32ClN3O4S/c1-5-30-28(34)22(4)31(18-23-9-7-6-8-21(23)3)27(33)19-32(25-14-10-20(2)11-15-25)37(35,36)26-16-12-24(29)13-17-26/h6-17,22H,5,18-19H2,1-4H3,(H,30,34)/t22-/m0/s1. The Kier molecular flexibility index (Phi) is 9.34. The number of sulfonamides is 1. The predicted molar refractivity (Wildman–Crippen MR) is 147 cm³/mol. The first-order chi connectivity index (χ1) is 17.5. The van der Waals surface area contributed by atoms with Gasteiger partial charge in [0.25, 0.3) is 10.0 Å². The van der Waals surface area contributed by atoms with E-state index in [2.05, 4.69) is 5.32 Å². The fraction of sp³-hybridized carbons (Fsp3) is 0.286. The molecule has 196 valence electrons. The highest BCUT2D eigenvalue weighted by Gasteiger charge is 2.32. The summed E-state index contributed by atoms with van der Waals surface area (Å²) in [5.74, 6) is -0.813. The number of aryl methyl sites for hydroxylation is 2. The van der Waals surface area contributed by atoms with Gasteiger partial charge in [0.05, 0.1) is 10.6 Å². The van der Waals surface area contributed by atoms with Crippen LogP contribution in [0.5, 0.6) is 0 Å². The van der Waals surface area contributed by atoms with Gasteiger partial charge in [-0.3, -0.25) is 13.9 Å². The molecule has 1 N–H and O–H groups in total. The smallest absolute Gasteiger partial charge is 0.264 e. The molecule has 0 aliphatic heterocycles. The highest BCUT2D eigenvalue weighted by Crippen LogP contribution is 2.26. The summed E-state index contributed by atoms with van der Waals surface area (Å²) in [5.41, 5.74) is 3.13. The lowest BCUT2D eigenvalue weighted by atomic mass is 10.1. The fourth-order valence-corrected chi connectivity index (χ4v) is 5.39. The minimum absolute atomic E-state index is 0.00695. The van der Waals surface area contributed by atoms with Crippen LogP contribution < -0.4 is 9.62 Å². The van der Waals surface area contributed by atoms with Gasteiger partial charge >= 0.3 is 0 Å². The SMILES string of the molecule is CCNC(=O)[C@H](C)N(Cc1ccccc1C)C(=O)CN(c1ccc(C)cc1)S(=O)(=O)c1ccc(Cl)cc1. The quantitative estimate of drug-likeness (QED) is 0.403. The minimum atomic E-state index is -4.12. The van der Waals surface area contributed by atoms with E-state index in [1.807, 2.05) is 38.1 Å². The van der Waals surface area contributed by atoms with Crippen LogP contribution in [0.25, 0.3) is 0 Å². The first-order valence-corrected chi connectivity index (χ1v) is 13.8. The van der Waals surface area contributed by atoms with Crippen LogP contribution in [0.15, 0.2) is 77.7 Å². The third-order valence-corrected chi connectivity index (χ3v) is 8.16. The third kappa shape index (κ3) is 6.90. The van der Waals surface area contributed by atoms with Crippen molar-refractivity contribution in [2.24, 2.45) is 0 Å². The van der Waals surface area contributed by atoms with Crippen molar-refractivity contribution in [3.8, 4) is 0 Å². The van der Waals surface area contributed by atoms with E-state index in [0.717, 1.165) is 21.0 Å². The first kappa shape index (κ1) is 28.2. The Bertz CT molecular complexity index is 1340. The van der Waals surface area contributed by atoms with Gasteiger partial charge in [0, 0.05) is 18.1 Å². The molecule has 0 aromatic heterocycles. The zero-order chi connectivity index (χ0) is 27.2. The molecule has 2 amide bonds. The summed E-state index contributed by atoms with van der Waals surface area (Å²) in [4.78, 5) is 28.0. The molecule has 0 aliphatic carbocycles. The predicted octanol–water partition coefficient (Wildman–Crippen LogP) is 4.71. The maximum atomic E-state index is 13.8. The number of hydrogen-bond donors (Lipinski definition) is 1. The fourth-order valence-electron chi connectivity index (χ4n) is 3.85. The molecule has 0 spiro atoms. The number of carbonyl (C=O) groups excluding carboxylic acids is 2. The summed E-state index contributed by atoms with van der Waals surface area (Å²) in [6, 6.07) is 19.5. The summed E-state index contributed by atoms with van der Waals surface area (Å²) in [6.45, 7) is 7.36. The topological polar surface area (TPSA) is 86.8 Å². The Morgan fingerprint density at radius 1 is 0.946 bits per heavy atom. The van der Waals surface area contributed by atoms with Crippen molar-refractivity contribution in [2.45, 2.75) is 45.2 Å². The van der Waals surface area contributed by atoms with E-state index < -0.39 is 28.5 Å². The molecule has 3 aromatic carbocycles. The molecular weight excluding hydrogens is 510 g/mol. The largest absolute Gasteiger partial charge is 0.355 e. The van der Waals surface area contributed by atoms with Crippen molar-refractivity contribution in [1.82, 2.24) is 10.2 Å². The van der Waals surface area contributed by atoms with Crippen molar-refractivity contribution < 1.29 is 18.0 Å².